The Hall–Kier alpha value is -0.820. The molecule has 2 aliphatic rings. The van der Waals surface area contributed by atoms with Gasteiger partial charge in [0.05, 0.1) is 7.11 Å². The van der Waals surface area contributed by atoms with Crippen LogP contribution >= 0.6 is 12.4 Å². The Balaban J connectivity index is 0.00000192. The maximum absolute atomic E-state index is 12.8. The molecule has 0 bridgehead atoms. The Labute approximate surface area is 144 Å². The standard InChI is InChI=1S/C16H24N2O3S.ClH/c1-21-15-4-2-3-5-16(15)22(19,20)18-10-8-14(9-11-18)17-12-13-6-7-13;/h2-5,13-14,17H,6-12H2,1H3;1H. The molecule has 0 atom stereocenters. The van der Waals surface area contributed by atoms with Gasteiger partial charge in [0.1, 0.15) is 10.6 Å². The van der Waals surface area contributed by atoms with Crippen LogP contribution in [-0.4, -0.2) is 45.5 Å². The third-order valence-electron chi connectivity index (χ3n) is 4.53. The van der Waals surface area contributed by atoms with Gasteiger partial charge in [-0.2, -0.15) is 4.31 Å². The molecule has 7 heteroatoms. The summed E-state index contributed by atoms with van der Waals surface area (Å²) in [6.07, 6.45) is 4.43. The van der Waals surface area contributed by atoms with Crippen LogP contribution in [0.5, 0.6) is 5.75 Å². The van der Waals surface area contributed by atoms with Gasteiger partial charge in [0, 0.05) is 19.1 Å². The van der Waals surface area contributed by atoms with E-state index >= 15 is 0 Å². The fourth-order valence-corrected chi connectivity index (χ4v) is 4.55. The van der Waals surface area contributed by atoms with Gasteiger partial charge in [-0.3, -0.25) is 0 Å². The first-order chi connectivity index (χ1) is 10.6. The molecule has 130 valence electrons. The third-order valence-corrected chi connectivity index (χ3v) is 6.47. The van der Waals surface area contributed by atoms with Crippen LogP contribution in [0, 0.1) is 5.92 Å². The minimum absolute atomic E-state index is 0. The van der Waals surface area contributed by atoms with Crippen molar-refractivity contribution in [1.82, 2.24) is 9.62 Å². The Kier molecular flexibility index (Phi) is 6.31. The number of nitrogens with one attached hydrogen (secondary N) is 1. The molecule has 1 aromatic rings. The average Bonchev–Trinajstić information content (AvgIpc) is 3.37. The van der Waals surface area contributed by atoms with Crippen molar-refractivity contribution >= 4 is 22.4 Å². The van der Waals surface area contributed by atoms with Crippen LogP contribution in [0.25, 0.3) is 0 Å². The monoisotopic (exact) mass is 360 g/mol. The van der Waals surface area contributed by atoms with Crippen LogP contribution in [0.4, 0.5) is 0 Å². The molecule has 1 saturated carbocycles. The number of hydrogen-bond acceptors (Lipinski definition) is 4. The molecular formula is C16H25ClN2O3S. The summed E-state index contributed by atoms with van der Waals surface area (Å²) >= 11 is 0. The molecular weight excluding hydrogens is 336 g/mol. The number of benzene rings is 1. The van der Waals surface area contributed by atoms with Gasteiger partial charge in [-0.1, -0.05) is 12.1 Å². The van der Waals surface area contributed by atoms with Crippen molar-refractivity contribution in [2.24, 2.45) is 5.92 Å². The van der Waals surface area contributed by atoms with Gasteiger partial charge in [0.15, 0.2) is 0 Å². The fraction of sp³-hybridized carbons (Fsp3) is 0.625. The summed E-state index contributed by atoms with van der Waals surface area (Å²) in [5, 5.41) is 3.57. The molecule has 1 heterocycles. The molecule has 23 heavy (non-hydrogen) atoms. The zero-order valence-electron chi connectivity index (χ0n) is 13.4. The Bertz CT molecular complexity index is 612. The van der Waals surface area contributed by atoms with Gasteiger partial charge in [-0.05, 0) is 50.3 Å². The van der Waals surface area contributed by atoms with E-state index < -0.39 is 10.0 Å². The predicted octanol–water partition coefficient (Wildman–Crippen LogP) is 2.27. The van der Waals surface area contributed by atoms with Crippen molar-refractivity contribution < 1.29 is 13.2 Å². The van der Waals surface area contributed by atoms with Crippen LogP contribution in [0.2, 0.25) is 0 Å². The largest absolute Gasteiger partial charge is 0.495 e. The van der Waals surface area contributed by atoms with E-state index in [-0.39, 0.29) is 17.3 Å². The van der Waals surface area contributed by atoms with Crippen molar-refractivity contribution in [3.8, 4) is 5.75 Å². The van der Waals surface area contributed by atoms with Gasteiger partial charge < -0.3 is 10.1 Å². The van der Waals surface area contributed by atoms with Crippen molar-refractivity contribution in [2.75, 3.05) is 26.7 Å². The van der Waals surface area contributed by atoms with Crippen molar-refractivity contribution in [2.45, 2.75) is 36.6 Å². The molecule has 1 aromatic carbocycles. The highest BCUT2D eigenvalue weighted by Crippen LogP contribution is 2.30. The van der Waals surface area contributed by atoms with E-state index in [2.05, 4.69) is 5.32 Å². The molecule has 1 N–H and O–H groups in total. The molecule has 1 aliphatic heterocycles. The van der Waals surface area contributed by atoms with E-state index in [9.17, 15) is 8.42 Å². The first-order valence-corrected chi connectivity index (χ1v) is 9.42. The first-order valence-electron chi connectivity index (χ1n) is 7.98. The molecule has 0 spiro atoms. The number of rotatable bonds is 6. The summed E-state index contributed by atoms with van der Waals surface area (Å²) in [7, 11) is -1.96. The van der Waals surface area contributed by atoms with E-state index in [0.717, 1.165) is 25.3 Å². The number of ether oxygens (including phenoxy) is 1. The summed E-state index contributed by atoms with van der Waals surface area (Å²) in [5.41, 5.74) is 0. The van der Waals surface area contributed by atoms with Gasteiger partial charge >= 0.3 is 0 Å². The van der Waals surface area contributed by atoms with Crippen molar-refractivity contribution in [3.63, 3.8) is 0 Å². The summed E-state index contributed by atoms with van der Waals surface area (Å²) in [6, 6.07) is 7.28. The van der Waals surface area contributed by atoms with Crippen molar-refractivity contribution in [3.05, 3.63) is 24.3 Å². The second-order valence-corrected chi connectivity index (χ2v) is 8.09. The lowest BCUT2D eigenvalue weighted by molar-refractivity contribution is 0.287. The highest BCUT2D eigenvalue weighted by molar-refractivity contribution is 7.89. The smallest absolute Gasteiger partial charge is 0.246 e. The maximum atomic E-state index is 12.8. The first kappa shape index (κ1) is 18.5. The molecule has 0 radical (unpaired) electrons. The SMILES string of the molecule is COc1ccccc1S(=O)(=O)N1CCC(NCC2CC2)CC1.Cl. The quantitative estimate of drug-likeness (QED) is 0.845. The van der Waals surface area contributed by atoms with Crippen LogP contribution < -0.4 is 10.1 Å². The van der Waals surface area contributed by atoms with E-state index in [4.69, 9.17) is 4.74 Å². The zero-order chi connectivity index (χ0) is 15.6. The third kappa shape index (κ3) is 4.38. The number of para-hydroxylation sites is 1. The van der Waals surface area contributed by atoms with E-state index in [1.54, 1.807) is 28.6 Å². The highest BCUT2D eigenvalue weighted by Gasteiger charge is 2.31. The summed E-state index contributed by atoms with van der Waals surface area (Å²) in [6.45, 7) is 2.23. The Morgan fingerprint density at radius 1 is 1.17 bits per heavy atom. The lowest BCUT2D eigenvalue weighted by Gasteiger charge is -2.32. The molecule has 1 saturated heterocycles. The van der Waals surface area contributed by atoms with Gasteiger partial charge in [-0.25, -0.2) is 8.42 Å². The van der Waals surface area contributed by atoms with Crippen LogP contribution in [0.15, 0.2) is 29.2 Å². The summed E-state index contributed by atoms with van der Waals surface area (Å²) in [4.78, 5) is 0.266. The number of sulfonamides is 1. The Morgan fingerprint density at radius 2 is 1.83 bits per heavy atom. The van der Waals surface area contributed by atoms with E-state index in [0.29, 0.717) is 24.9 Å². The number of methoxy groups -OCH3 is 1. The van der Waals surface area contributed by atoms with Crippen LogP contribution in [0.3, 0.4) is 0 Å². The van der Waals surface area contributed by atoms with Gasteiger partial charge in [-0.15, -0.1) is 12.4 Å². The second kappa shape index (κ2) is 7.83. The molecule has 5 nitrogen and oxygen atoms in total. The molecule has 0 amide bonds. The summed E-state index contributed by atoms with van der Waals surface area (Å²) in [5.74, 6) is 1.27. The summed E-state index contributed by atoms with van der Waals surface area (Å²) < 4.78 is 32.3. The lowest BCUT2D eigenvalue weighted by Crippen LogP contribution is -2.45. The second-order valence-electron chi connectivity index (χ2n) is 6.18. The molecule has 0 aromatic heterocycles. The average molecular weight is 361 g/mol. The highest BCUT2D eigenvalue weighted by atomic mass is 35.5. The van der Waals surface area contributed by atoms with E-state index in [1.165, 1.54) is 20.0 Å². The lowest BCUT2D eigenvalue weighted by atomic mass is 10.1. The van der Waals surface area contributed by atoms with Gasteiger partial charge in [0.25, 0.3) is 0 Å². The Morgan fingerprint density at radius 3 is 2.43 bits per heavy atom. The van der Waals surface area contributed by atoms with Gasteiger partial charge in [0.2, 0.25) is 10.0 Å². The zero-order valence-corrected chi connectivity index (χ0v) is 15.0. The molecule has 1 aliphatic carbocycles. The molecule has 2 fully saturated rings. The normalized spacial score (nSPS) is 20.0. The predicted molar refractivity (Wildman–Crippen MR) is 92.7 cm³/mol. The number of nitrogens with zero attached hydrogens (tertiary/aromatic N) is 1. The molecule has 3 rings (SSSR count). The number of piperidine rings is 1. The molecule has 0 unspecified atom stereocenters. The maximum Gasteiger partial charge on any atom is 0.246 e. The topological polar surface area (TPSA) is 58.6 Å². The number of halogens is 1. The number of hydrogen-bond donors (Lipinski definition) is 1. The van der Waals surface area contributed by atoms with Crippen molar-refractivity contribution in [1.29, 1.82) is 0 Å². The van der Waals surface area contributed by atoms with Crippen LogP contribution in [0.1, 0.15) is 25.7 Å². The minimum atomic E-state index is -3.47. The van der Waals surface area contributed by atoms with E-state index in [1.807, 2.05) is 0 Å². The van der Waals surface area contributed by atoms with Crippen LogP contribution in [-0.2, 0) is 10.0 Å². The minimum Gasteiger partial charge on any atom is -0.495 e. The fourth-order valence-electron chi connectivity index (χ4n) is 2.93.